The fourth-order valence-electron chi connectivity index (χ4n) is 3.94. The Balaban J connectivity index is 1.73. The summed E-state index contributed by atoms with van der Waals surface area (Å²) in [4.78, 5) is 38.8. The first-order chi connectivity index (χ1) is 13.9. The fraction of sp³-hybridized carbons (Fsp3) is 0.348. The summed E-state index contributed by atoms with van der Waals surface area (Å²) in [5, 5.41) is 5.83. The van der Waals surface area contributed by atoms with E-state index < -0.39 is 0 Å². The Labute approximate surface area is 170 Å². The highest BCUT2D eigenvalue weighted by atomic mass is 16.2. The second-order valence-electron chi connectivity index (χ2n) is 7.95. The van der Waals surface area contributed by atoms with Gasteiger partial charge in [-0.3, -0.25) is 19.3 Å². The van der Waals surface area contributed by atoms with Gasteiger partial charge in [0.1, 0.15) is 6.42 Å². The average Bonchev–Trinajstić information content (AvgIpc) is 2.83. The van der Waals surface area contributed by atoms with Crippen molar-refractivity contribution in [3.05, 3.63) is 47.5 Å². The SMILES string of the molecule is CC(C)C(=O)Nc1ccc(N2C(=O)CC(=O)Nc3c2ccc2c3CCCC2)cc1. The Hall–Kier alpha value is -3.15. The molecule has 1 aliphatic carbocycles. The minimum Gasteiger partial charge on any atom is -0.326 e. The predicted octanol–water partition coefficient (Wildman–Crippen LogP) is 4.17. The number of fused-ring (bicyclic) bond motifs is 3. The summed E-state index contributed by atoms with van der Waals surface area (Å²) < 4.78 is 0. The molecule has 150 valence electrons. The number of rotatable bonds is 3. The highest BCUT2D eigenvalue weighted by molar-refractivity contribution is 6.17. The van der Waals surface area contributed by atoms with Crippen LogP contribution in [0, 0.1) is 5.92 Å². The minimum atomic E-state index is -0.279. The number of hydrogen-bond donors (Lipinski definition) is 2. The molecule has 0 spiro atoms. The van der Waals surface area contributed by atoms with E-state index >= 15 is 0 Å². The topological polar surface area (TPSA) is 78.5 Å². The number of amides is 3. The number of carbonyl (C=O) groups is 3. The van der Waals surface area contributed by atoms with Crippen molar-refractivity contribution in [3.8, 4) is 0 Å². The first-order valence-corrected chi connectivity index (χ1v) is 10.1. The lowest BCUT2D eigenvalue weighted by molar-refractivity contribution is -0.124. The Bertz CT molecular complexity index is 980. The van der Waals surface area contributed by atoms with E-state index in [9.17, 15) is 14.4 Å². The standard InChI is InChI=1S/C23H25N3O3/c1-14(2)23(29)24-16-8-10-17(11-9-16)26-19-12-7-15-5-3-4-6-18(15)22(19)25-20(27)13-21(26)28/h7-12,14H,3-6,13H2,1-2H3,(H,24,29)(H,25,27). The molecule has 0 atom stereocenters. The second-order valence-corrected chi connectivity index (χ2v) is 7.95. The fourth-order valence-corrected chi connectivity index (χ4v) is 3.94. The Morgan fingerprint density at radius 3 is 2.48 bits per heavy atom. The van der Waals surface area contributed by atoms with Gasteiger partial charge in [0.2, 0.25) is 17.7 Å². The van der Waals surface area contributed by atoms with E-state index in [2.05, 4.69) is 16.7 Å². The molecule has 0 aromatic heterocycles. The molecule has 0 saturated carbocycles. The molecule has 6 heteroatoms. The molecule has 1 aliphatic heterocycles. The van der Waals surface area contributed by atoms with Crippen LogP contribution in [0.2, 0.25) is 0 Å². The lowest BCUT2D eigenvalue weighted by atomic mass is 9.89. The Morgan fingerprint density at radius 1 is 1.03 bits per heavy atom. The first kappa shape index (κ1) is 19.2. The zero-order valence-corrected chi connectivity index (χ0v) is 16.7. The van der Waals surface area contributed by atoms with Crippen LogP contribution in [0.25, 0.3) is 0 Å². The van der Waals surface area contributed by atoms with Crippen LogP contribution < -0.4 is 15.5 Å². The molecule has 2 aromatic carbocycles. The summed E-state index contributed by atoms with van der Waals surface area (Å²) in [5.74, 6) is -0.720. The van der Waals surface area contributed by atoms with Crippen LogP contribution in [0.5, 0.6) is 0 Å². The molecule has 0 bridgehead atoms. The van der Waals surface area contributed by atoms with E-state index in [0.717, 1.165) is 36.9 Å². The largest absolute Gasteiger partial charge is 0.326 e. The molecule has 3 amide bonds. The minimum absolute atomic E-state index is 0.0598. The van der Waals surface area contributed by atoms with Crippen molar-refractivity contribution < 1.29 is 14.4 Å². The normalized spacial score (nSPS) is 16.0. The first-order valence-electron chi connectivity index (χ1n) is 10.1. The monoisotopic (exact) mass is 391 g/mol. The number of nitrogens with zero attached hydrogens (tertiary/aromatic N) is 1. The third-order valence-corrected chi connectivity index (χ3v) is 5.49. The van der Waals surface area contributed by atoms with Gasteiger partial charge in [0.05, 0.1) is 11.4 Å². The molecule has 2 aliphatic rings. The summed E-state index contributed by atoms with van der Waals surface area (Å²) in [6.07, 6.45) is 3.93. The van der Waals surface area contributed by atoms with Crippen molar-refractivity contribution in [3.63, 3.8) is 0 Å². The molecule has 2 aromatic rings. The van der Waals surface area contributed by atoms with Crippen LogP contribution in [0.15, 0.2) is 36.4 Å². The molecule has 0 fully saturated rings. The molecule has 0 saturated heterocycles. The van der Waals surface area contributed by atoms with E-state index in [4.69, 9.17) is 0 Å². The van der Waals surface area contributed by atoms with Gasteiger partial charge in [-0.1, -0.05) is 19.9 Å². The number of hydrogen-bond acceptors (Lipinski definition) is 3. The van der Waals surface area contributed by atoms with Gasteiger partial charge >= 0.3 is 0 Å². The van der Waals surface area contributed by atoms with Gasteiger partial charge in [0.15, 0.2) is 0 Å². The van der Waals surface area contributed by atoms with Gasteiger partial charge in [-0.2, -0.15) is 0 Å². The van der Waals surface area contributed by atoms with Crippen molar-refractivity contribution in [1.29, 1.82) is 0 Å². The summed E-state index contributed by atoms with van der Waals surface area (Å²) in [7, 11) is 0. The average molecular weight is 391 g/mol. The van der Waals surface area contributed by atoms with Crippen LogP contribution in [-0.2, 0) is 27.2 Å². The van der Waals surface area contributed by atoms with Crippen molar-refractivity contribution in [2.45, 2.75) is 46.0 Å². The van der Waals surface area contributed by atoms with Gasteiger partial charge in [0.25, 0.3) is 0 Å². The molecule has 6 nitrogen and oxygen atoms in total. The Morgan fingerprint density at radius 2 is 1.76 bits per heavy atom. The van der Waals surface area contributed by atoms with Crippen molar-refractivity contribution in [1.82, 2.24) is 0 Å². The van der Waals surface area contributed by atoms with Crippen LogP contribution in [0.1, 0.15) is 44.2 Å². The van der Waals surface area contributed by atoms with Crippen molar-refractivity contribution >= 4 is 40.5 Å². The van der Waals surface area contributed by atoms with E-state index in [1.807, 2.05) is 19.9 Å². The smallest absolute Gasteiger partial charge is 0.241 e. The summed E-state index contributed by atoms with van der Waals surface area (Å²) in [5.41, 5.74) is 5.20. The molecule has 2 N–H and O–H groups in total. The molecule has 29 heavy (non-hydrogen) atoms. The summed E-state index contributed by atoms with van der Waals surface area (Å²) in [6.45, 7) is 3.67. The number of aryl methyl sites for hydroxylation is 1. The van der Waals surface area contributed by atoms with Gasteiger partial charge in [-0.05, 0) is 67.1 Å². The molecule has 0 unspecified atom stereocenters. The van der Waals surface area contributed by atoms with Crippen LogP contribution in [-0.4, -0.2) is 17.7 Å². The molecular weight excluding hydrogens is 366 g/mol. The lowest BCUT2D eigenvalue weighted by Crippen LogP contribution is -2.26. The lowest BCUT2D eigenvalue weighted by Gasteiger charge is -2.26. The van der Waals surface area contributed by atoms with Crippen molar-refractivity contribution in [2.24, 2.45) is 5.92 Å². The van der Waals surface area contributed by atoms with Gasteiger partial charge < -0.3 is 10.6 Å². The molecular formula is C23H25N3O3. The van der Waals surface area contributed by atoms with E-state index in [-0.39, 0.29) is 30.1 Å². The van der Waals surface area contributed by atoms with Gasteiger partial charge in [-0.15, -0.1) is 0 Å². The van der Waals surface area contributed by atoms with E-state index in [1.165, 1.54) is 5.56 Å². The number of nitrogens with one attached hydrogen (secondary N) is 2. The molecule has 1 heterocycles. The third-order valence-electron chi connectivity index (χ3n) is 5.49. The maximum Gasteiger partial charge on any atom is 0.241 e. The zero-order valence-electron chi connectivity index (χ0n) is 16.7. The highest BCUT2D eigenvalue weighted by Gasteiger charge is 2.30. The molecule has 4 rings (SSSR count). The third kappa shape index (κ3) is 3.75. The zero-order chi connectivity index (χ0) is 20.5. The number of benzene rings is 2. The number of carbonyl (C=O) groups excluding carboxylic acids is 3. The quantitative estimate of drug-likeness (QED) is 0.771. The van der Waals surface area contributed by atoms with Crippen LogP contribution in [0.3, 0.4) is 0 Å². The van der Waals surface area contributed by atoms with E-state index in [1.54, 1.807) is 29.2 Å². The summed E-state index contributed by atoms with van der Waals surface area (Å²) in [6, 6.07) is 11.2. The van der Waals surface area contributed by atoms with Gasteiger partial charge in [0, 0.05) is 17.3 Å². The van der Waals surface area contributed by atoms with Crippen LogP contribution >= 0.6 is 0 Å². The Kier molecular flexibility index (Phi) is 5.09. The van der Waals surface area contributed by atoms with Crippen molar-refractivity contribution in [2.75, 3.05) is 15.5 Å². The number of anilines is 4. The highest BCUT2D eigenvalue weighted by Crippen LogP contribution is 2.41. The van der Waals surface area contributed by atoms with E-state index in [0.29, 0.717) is 17.1 Å². The van der Waals surface area contributed by atoms with Crippen LogP contribution in [0.4, 0.5) is 22.7 Å². The predicted molar refractivity (Wildman–Crippen MR) is 113 cm³/mol. The second kappa shape index (κ2) is 7.70. The maximum atomic E-state index is 12.9. The maximum absolute atomic E-state index is 12.9. The summed E-state index contributed by atoms with van der Waals surface area (Å²) >= 11 is 0. The van der Waals surface area contributed by atoms with Gasteiger partial charge in [-0.25, -0.2) is 0 Å². The molecule has 0 radical (unpaired) electrons.